The molecule has 0 aliphatic carbocycles. The Hall–Kier alpha value is -1.36. The number of carboxylic acids is 1. The summed E-state index contributed by atoms with van der Waals surface area (Å²) in [6.07, 6.45) is 0.719. The number of halogens is 1. The quantitative estimate of drug-likeness (QED) is 0.785. The summed E-state index contributed by atoms with van der Waals surface area (Å²) >= 11 is 3.37. The van der Waals surface area contributed by atoms with Crippen LogP contribution in [0.2, 0.25) is 0 Å². The van der Waals surface area contributed by atoms with Crippen LogP contribution in [-0.2, 0) is 9.59 Å². The second-order valence-corrected chi connectivity index (χ2v) is 6.66. The summed E-state index contributed by atoms with van der Waals surface area (Å²) in [5.41, 5.74) is 1.06. The van der Waals surface area contributed by atoms with Crippen molar-refractivity contribution >= 4 is 27.8 Å². The molecule has 21 heavy (non-hydrogen) atoms. The lowest BCUT2D eigenvalue weighted by atomic mass is 9.97. The van der Waals surface area contributed by atoms with Crippen LogP contribution in [0.1, 0.15) is 45.1 Å². The van der Waals surface area contributed by atoms with Crippen LogP contribution in [0, 0.1) is 5.92 Å². The summed E-state index contributed by atoms with van der Waals surface area (Å²) < 4.78 is 0.991. The Kier molecular flexibility index (Phi) is 6.89. The molecule has 0 aromatic heterocycles. The van der Waals surface area contributed by atoms with Gasteiger partial charge in [-0.15, -0.1) is 0 Å². The third-order valence-corrected chi connectivity index (χ3v) is 3.80. The normalized spacial score (nSPS) is 13.8. The number of aliphatic carboxylic acids is 1. The van der Waals surface area contributed by atoms with Gasteiger partial charge in [-0.1, -0.05) is 48.8 Å². The predicted molar refractivity (Wildman–Crippen MR) is 86.2 cm³/mol. The molecule has 2 N–H and O–H groups in total. The van der Waals surface area contributed by atoms with Gasteiger partial charge < -0.3 is 10.4 Å². The third-order valence-electron chi connectivity index (χ3n) is 3.27. The molecular formula is C16H22BrNO3. The van der Waals surface area contributed by atoms with Crippen LogP contribution in [0.5, 0.6) is 0 Å². The molecule has 0 heterocycles. The zero-order valence-electron chi connectivity index (χ0n) is 12.6. The van der Waals surface area contributed by atoms with Crippen LogP contribution in [0.15, 0.2) is 28.7 Å². The number of hydrogen-bond acceptors (Lipinski definition) is 2. The molecule has 2 atom stereocenters. The van der Waals surface area contributed by atoms with Gasteiger partial charge in [0.2, 0.25) is 5.91 Å². The van der Waals surface area contributed by atoms with E-state index in [4.69, 9.17) is 5.11 Å². The molecule has 1 aromatic rings. The molecule has 0 bridgehead atoms. The van der Waals surface area contributed by atoms with Crippen LogP contribution in [0.4, 0.5) is 0 Å². The minimum Gasteiger partial charge on any atom is -0.480 e. The van der Waals surface area contributed by atoms with Crippen molar-refractivity contribution in [2.75, 3.05) is 0 Å². The average Bonchev–Trinajstić information content (AvgIpc) is 2.37. The smallest absolute Gasteiger partial charge is 0.326 e. The van der Waals surface area contributed by atoms with Gasteiger partial charge in [0.05, 0.1) is 0 Å². The molecule has 0 saturated carbocycles. The highest BCUT2D eigenvalue weighted by Crippen LogP contribution is 2.21. The first kappa shape index (κ1) is 17.7. The van der Waals surface area contributed by atoms with Crippen molar-refractivity contribution in [2.24, 2.45) is 5.92 Å². The van der Waals surface area contributed by atoms with Crippen LogP contribution >= 0.6 is 15.9 Å². The first-order valence-corrected chi connectivity index (χ1v) is 7.86. The average molecular weight is 356 g/mol. The first-order chi connectivity index (χ1) is 9.79. The lowest BCUT2D eigenvalue weighted by Crippen LogP contribution is -2.41. The van der Waals surface area contributed by atoms with Gasteiger partial charge in [0.25, 0.3) is 0 Å². The maximum absolute atomic E-state index is 12.0. The SMILES string of the molecule is CC(C)C[C@H](NC(=O)CC(C)c1ccc(Br)cc1)C(=O)O. The van der Waals surface area contributed by atoms with E-state index < -0.39 is 12.0 Å². The Labute approximate surface area is 134 Å². The number of carboxylic acid groups (broad SMARTS) is 1. The van der Waals surface area contributed by atoms with Crippen molar-refractivity contribution in [1.82, 2.24) is 5.32 Å². The van der Waals surface area contributed by atoms with Crippen LogP contribution < -0.4 is 5.32 Å². The second-order valence-electron chi connectivity index (χ2n) is 5.74. The fourth-order valence-electron chi connectivity index (χ4n) is 2.13. The van der Waals surface area contributed by atoms with Crippen molar-refractivity contribution < 1.29 is 14.7 Å². The van der Waals surface area contributed by atoms with Crippen LogP contribution in [-0.4, -0.2) is 23.0 Å². The highest BCUT2D eigenvalue weighted by Gasteiger charge is 2.22. The minimum absolute atomic E-state index is 0.0478. The maximum Gasteiger partial charge on any atom is 0.326 e. The molecule has 5 heteroatoms. The Balaban J connectivity index is 2.59. The number of carbonyl (C=O) groups excluding carboxylic acids is 1. The van der Waals surface area contributed by atoms with E-state index in [1.54, 1.807) is 0 Å². The summed E-state index contributed by atoms with van der Waals surface area (Å²) in [5.74, 6) is -0.936. The fraction of sp³-hybridized carbons (Fsp3) is 0.500. The van der Waals surface area contributed by atoms with Gasteiger partial charge in [-0.05, 0) is 36.0 Å². The van der Waals surface area contributed by atoms with E-state index in [0.717, 1.165) is 10.0 Å². The molecule has 1 rings (SSSR count). The van der Waals surface area contributed by atoms with E-state index in [1.165, 1.54) is 0 Å². The summed E-state index contributed by atoms with van der Waals surface area (Å²) in [5, 5.41) is 11.7. The first-order valence-electron chi connectivity index (χ1n) is 7.07. The van der Waals surface area contributed by atoms with E-state index >= 15 is 0 Å². The third kappa shape index (κ3) is 6.29. The lowest BCUT2D eigenvalue weighted by Gasteiger charge is -2.18. The van der Waals surface area contributed by atoms with E-state index in [1.807, 2.05) is 45.0 Å². The van der Waals surface area contributed by atoms with Gasteiger partial charge in [0.1, 0.15) is 6.04 Å². The van der Waals surface area contributed by atoms with Crippen molar-refractivity contribution in [3.8, 4) is 0 Å². The van der Waals surface area contributed by atoms with Crippen molar-refractivity contribution in [2.45, 2.75) is 45.6 Å². The fourth-order valence-corrected chi connectivity index (χ4v) is 2.40. The number of carbonyl (C=O) groups is 2. The van der Waals surface area contributed by atoms with Gasteiger partial charge in [0.15, 0.2) is 0 Å². The largest absolute Gasteiger partial charge is 0.480 e. The molecular weight excluding hydrogens is 334 g/mol. The van der Waals surface area contributed by atoms with E-state index in [9.17, 15) is 9.59 Å². The van der Waals surface area contributed by atoms with Gasteiger partial charge in [-0.25, -0.2) is 4.79 Å². The molecule has 1 unspecified atom stereocenters. The minimum atomic E-state index is -0.978. The number of hydrogen-bond donors (Lipinski definition) is 2. The Morgan fingerprint density at radius 1 is 1.19 bits per heavy atom. The van der Waals surface area contributed by atoms with Crippen molar-refractivity contribution in [3.05, 3.63) is 34.3 Å². The molecule has 0 saturated heterocycles. The zero-order chi connectivity index (χ0) is 16.0. The summed E-state index contributed by atoms with van der Waals surface area (Å²) in [7, 11) is 0. The predicted octanol–water partition coefficient (Wildman–Crippen LogP) is 3.56. The summed E-state index contributed by atoms with van der Waals surface area (Å²) in [4.78, 5) is 23.2. The van der Waals surface area contributed by atoms with E-state index in [0.29, 0.717) is 6.42 Å². The Morgan fingerprint density at radius 3 is 2.24 bits per heavy atom. The van der Waals surface area contributed by atoms with Gasteiger partial charge in [0, 0.05) is 10.9 Å². The monoisotopic (exact) mass is 355 g/mol. The van der Waals surface area contributed by atoms with Crippen LogP contribution in [0.25, 0.3) is 0 Å². The number of benzene rings is 1. The topological polar surface area (TPSA) is 66.4 Å². The standard InChI is InChI=1S/C16H22BrNO3/c1-10(2)8-14(16(20)21)18-15(19)9-11(3)12-4-6-13(17)7-5-12/h4-7,10-11,14H,8-9H2,1-3H3,(H,18,19)(H,20,21)/t11?,14-/m0/s1. The molecule has 0 aliphatic rings. The van der Waals surface area contributed by atoms with Crippen LogP contribution in [0.3, 0.4) is 0 Å². The van der Waals surface area contributed by atoms with E-state index in [2.05, 4.69) is 21.2 Å². The van der Waals surface area contributed by atoms with Gasteiger partial charge >= 0.3 is 5.97 Å². The molecule has 0 spiro atoms. The molecule has 4 nitrogen and oxygen atoms in total. The maximum atomic E-state index is 12.0. The van der Waals surface area contributed by atoms with Crippen molar-refractivity contribution in [3.63, 3.8) is 0 Å². The zero-order valence-corrected chi connectivity index (χ0v) is 14.2. The number of amides is 1. The highest BCUT2D eigenvalue weighted by atomic mass is 79.9. The van der Waals surface area contributed by atoms with Gasteiger partial charge in [-0.2, -0.15) is 0 Å². The van der Waals surface area contributed by atoms with E-state index in [-0.39, 0.29) is 24.2 Å². The summed E-state index contributed by atoms with van der Waals surface area (Å²) in [6.45, 7) is 5.83. The number of rotatable bonds is 7. The van der Waals surface area contributed by atoms with Crippen molar-refractivity contribution in [1.29, 1.82) is 0 Å². The molecule has 0 radical (unpaired) electrons. The van der Waals surface area contributed by atoms with Gasteiger partial charge in [-0.3, -0.25) is 4.79 Å². The summed E-state index contributed by atoms with van der Waals surface area (Å²) in [6, 6.07) is 6.98. The molecule has 116 valence electrons. The molecule has 1 aromatic carbocycles. The Bertz CT molecular complexity index is 485. The molecule has 0 fully saturated rings. The molecule has 0 aliphatic heterocycles. The number of nitrogens with one attached hydrogen (secondary N) is 1. The molecule has 1 amide bonds. The second kappa shape index (κ2) is 8.17. The Morgan fingerprint density at radius 2 is 1.76 bits per heavy atom. The lowest BCUT2D eigenvalue weighted by molar-refractivity contribution is -0.142. The highest BCUT2D eigenvalue weighted by molar-refractivity contribution is 9.10.